The summed E-state index contributed by atoms with van der Waals surface area (Å²) >= 11 is 0. The van der Waals surface area contributed by atoms with E-state index >= 15 is 0 Å². The van der Waals surface area contributed by atoms with E-state index in [1.807, 2.05) is 0 Å². The van der Waals surface area contributed by atoms with Gasteiger partial charge in [-0.3, -0.25) is 9.48 Å². The van der Waals surface area contributed by atoms with Crippen LogP contribution in [0.1, 0.15) is 5.56 Å². The summed E-state index contributed by atoms with van der Waals surface area (Å²) < 4.78 is 25.5. The highest BCUT2D eigenvalue weighted by molar-refractivity contribution is 5.80. The van der Waals surface area contributed by atoms with Gasteiger partial charge in [0.25, 0.3) is 5.56 Å². The molecule has 5 aromatic rings. The van der Waals surface area contributed by atoms with Crippen molar-refractivity contribution >= 4 is 11.1 Å². The highest BCUT2D eigenvalue weighted by Gasteiger charge is 2.19. The number of aromatic nitrogens is 5. The van der Waals surface area contributed by atoms with Gasteiger partial charge in [-0.1, -0.05) is 23.4 Å². The van der Waals surface area contributed by atoms with E-state index in [0.717, 1.165) is 6.07 Å². The minimum atomic E-state index is -0.859. The SMILES string of the molecule is O=c1cc(O)c2c(=O)[nH]c(-c3cc(-c4ccon4)n(Cc4ccccc4F)n3)nc2o1. The molecule has 31 heavy (non-hydrogen) atoms. The lowest BCUT2D eigenvalue weighted by Gasteiger charge is -2.06. The Hall–Kier alpha value is -4.54. The molecule has 0 aliphatic rings. The standard InChI is InChI=1S/C20H12FN5O5/c21-11-4-2-1-3-10(11)9-26-14(12-5-6-30-25-12)7-13(24-26)18-22-19(29)17-15(27)8-16(28)31-20(17)23-18/h1-8,27H,9H2,(H,22,23,29). The van der Waals surface area contributed by atoms with Crippen LogP contribution < -0.4 is 11.2 Å². The van der Waals surface area contributed by atoms with E-state index < -0.39 is 22.8 Å². The van der Waals surface area contributed by atoms with Crippen LogP contribution in [-0.2, 0) is 6.54 Å². The van der Waals surface area contributed by atoms with Crippen molar-refractivity contribution < 1.29 is 18.4 Å². The number of aromatic hydroxyl groups is 1. The lowest BCUT2D eigenvalue weighted by atomic mass is 10.2. The molecule has 4 aromatic heterocycles. The van der Waals surface area contributed by atoms with Gasteiger partial charge in [-0.05, 0) is 12.1 Å². The van der Waals surface area contributed by atoms with Crippen molar-refractivity contribution in [1.29, 1.82) is 0 Å². The van der Waals surface area contributed by atoms with E-state index in [2.05, 4.69) is 20.2 Å². The number of aromatic amines is 1. The lowest BCUT2D eigenvalue weighted by molar-refractivity contribution is 0.421. The molecule has 0 spiro atoms. The first-order valence-electron chi connectivity index (χ1n) is 8.99. The summed E-state index contributed by atoms with van der Waals surface area (Å²) in [5.74, 6) is -0.955. The van der Waals surface area contributed by atoms with Gasteiger partial charge in [0.15, 0.2) is 5.82 Å². The molecule has 10 nitrogen and oxygen atoms in total. The minimum absolute atomic E-state index is 0.0109. The molecule has 0 radical (unpaired) electrons. The summed E-state index contributed by atoms with van der Waals surface area (Å²) in [6.07, 6.45) is 1.38. The number of halogens is 1. The second-order valence-electron chi connectivity index (χ2n) is 6.59. The zero-order valence-corrected chi connectivity index (χ0v) is 15.6. The molecule has 11 heteroatoms. The summed E-state index contributed by atoms with van der Waals surface area (Å²) in [6, 6.07) is 10.2. The number of hydrogen-bond donors (Lipinski definition) is 2. The Balaban J connectivity index is 1.68. The molecular formula is C20H12FN5O5. The summed E-state index contributed by atoms with van der Waals surface area (Å²) in [5.41, 5.74) is -0.405. The third kappa shape index (κ3) is 3.27. The summed E-state index contributed by atoms with van der Waals surface area (Å²) in [5, 5.41) is 17.9. The molecular weight excluding hydrogens is 409 g/mol. The van der Waals surface area contributed by atoms with Gasteiger partial charge in [-0.2, -0.15) is 10.1 Å². The molecule has 0 aliphatic heterocycles. The molecule has 2 N–H and O–H groups in total. The highest BCUT2D eigenvalue weighted by atomic mass is 19.1. The van der Waals surface area contributed by atoms with Gasteiger partial charge in [0.2, 0.25) is 5.71 Å². The van der Waals surface area contributed by atoms with Gasteiger partial charge in [-0.15, -0.1) is 0 Å². The molecule has 0 unspecified atom stereocenters. The van der Waals surface area contributed by atoms with Gasteiger partial charge < -0.3 is 19.0 Å². The van der Waals surface area contributed by atoms with Crippen LogP contribution in [-0.4, -0.2) is 30.0 Å². The molecule has 0 saturated carbocycles. The highest BCUT2D eigenvalue weighted by Crippen LogP contribution is 2.26. The minimum Gasteiger partial charge on any atom is -0.507 e. The molecule has 0 fully saturated rings. The van der Waals surface area contributed by atoms with Crippen LogP contribution in [0.15, 0.2) is 67.3 Å². The molecule has 0 atom stereocenters. The Bertz CT molecular complexity index is 1530. The zero-order chi connectivity index (χ0) is 21.5. The van der Waals surface area contributed by atoms with Crippen LogP contribution in [0.2, 0.25) is 0 Å². The smallest absolute Gasteiger partial charge is 0.341 e. The summed E-state index contributed by atoms with van der Waals surface area (Å²) in [4.78, 5) is 30.6. The maximum Gasteiger partial charge on any atom is 0.341 e. The molecule has 154 valence electrons. The topological polar surface area (TPSA) is 140 Å². The molecule has 0 saturated heterocycles. The predicted octanol–water partition coefficient (Wildman–Crippen LogP) is 2.29. The van der Waals surface area contributed by atoms with Crippen LogP contribution in [0.3, 0.4) is 0 Å². The Morgan fingerprint density at radius 2 is 1.97 bits per heavy atom. The molecule has 0 aliphatic carbocycles. The first kappa shape index (κ1) is 18.5. The lowest BCUT2D eigenvalue weighted by Crippen LogP contribution is -2.12. The van der Waals surface area contributed by atoms with Crippen molar-refractivity contribution in [1.82, 2.24) is 24.9 Å². The van der Waals surface area contributed by atoms with Gasteiger partial charge in [-0.25, -0.2) is 9.18 Å². The molecule has 4 heterocycles. The summed E-state index contributed by atoms with van der Waals surface area (Å²) in [6.45, 7) is 0.0720. The average Bonchev–Trinajstić information content (AvgIpc) is 3.38. The normalized spacial score (nSPS) is 11.3. The van der Waals surface area contributed by atoms with E-state index in [1.54, 1.807) is 30.3 Å². The van der Waals surface area contributed by atoms with Crippen molar-refractivity contribution in [3.05, 3.63) is 80.9 Å². The second-order valence-corrected chi connectivity index (χ2v) is 6.59. The zero-order valence-electron chi connectivity index (χ0n) is 15.6. The maximum absolute atomic E-state index is 14.2. The van der Waals surface area contributed by atoms with E-state index in [9.17, 15) is 19.1 Å². The second kappa shape index (κ2) is 7.06. The van der Waals surface area contributed by atoms with Crippen molar-refractivity contribution in [2.24, 2.45) is 0 Å². The fraction of sp³-hybridized carbons (Fsp3) is 0.0500. The molecule has 0 amide bonds. The quantitative estimate of drug-likeness (QED) is 0.450. The number of hydrogen-bond acceptors (Lipinski definition) is 8. The third-order valence-electron chi connectivity index (χ3n) is 4.59. The van der Waals surface area contributed by atoms with Crippen LogP contribution in [0.25, 0.3) is 34.0 Å². The predicted molar refractivity (Wildman–Crippen MR) is 105 cm³/mol. The van der Waals surface area contributed by atoms with E-state index in [0.29, 0.717) is 17.0 Å². The average molecular weight is 421 g/mol. The number of nitrogens with zero attached hydrogens (tertiary/aromatic N) is 4. The van der Waals surface area contributed by atoms with Crippen molar-refractivity contribution in [2.75, 3.05) is 0 Å². The number of benzene rings is 1. The molecule has 1 aromatic carbocycles. The number of rotatable bonds is 4. The number of nitrogens with one attached hydrogen (secondary N) is 1. The fourth-order valence-electron chi connectivity index (χ4n) is 3.17. The fourth-order valence-corrected chi connectivity index (χ4v) is 3.17. The van der Waals surface area contributed by atoms with Crippen LogP contribution in [0, 0.1) is 5.82 Å². The van der Waals surface area contributed by atoms with Gasteiger partial charge in [0.1, 0.15) is 34.6 Å². The Labute approximate surface area is 171 Å². The Morgan fingerprint density at radius 1 is 1.13 bits per heavy atom. The first-order chi connectivity index (χ1) is 15.0. The van der Waals surface area contributed by atoms with Gasteiger partial charge >= 0.3 is 5.63 Å². The van der Waals surface area contributed by atoms with E-state index in [1.165, 1.54) is 17.0 Å². The van der Waals surface area contributed by atoms with Gasteiger partial charge in [0.05, 0.1) is 18.3 Å². The monoisotopic (exact) mass is 421 g/mol. The van der Waals surface area contributed by atoms with Gasteiger partial charge in [0, 0.05) is 11.6 Å². The van der Waals surface area contributed by atoms with Crippen LogP contribution >= 0.6 is 0 Å². The number of fused-ring (bicyclic) bond motifs is 1. The van der Waals surface area contributed by atoms with Crippen molar-refractivity contribution in [3.63, 3.8) is 0 Å². The Morgan fingerprint density at radius 3 is 2.74 bits per heavy atom. The molecule has 5 rings (SSSR count). The van der Waals surface area contributed by atoms with Crippen molar-refractivity contribution in [3.8, 4) is 28.7 Å². The van der Waals surface area contributed by atoms with Crippen LogP contribution in [0.5, 0.6) is 5.75 Å². The number of H-pyrrole nitrogens is 1. The molecule has 0 bridgehead atoms. The first-order valence-corrected chi connectivity index (χ1v) is 8.99. The van der Waals surface area contributed by atoms with Crippen LogP contribution in [0.4, 0.5) is 4.39 Å². The largest absolute Gasteiger partial charge is 0.507 e. The summed E-state index contributed by atoms with van der Waals surface area (Å²) in [7, 11) is 0. The van der Waals surface area contributed by atoms with E-state index in [4.69, 9.17) is 8.94 Å². The van der Waals surface area contributed by atoms with E-state index in [-0.39, 0.29) is 29.2 Å². The Kier molecular flexibility index (Phi) is 4.21. The maximum atomic E-state index is 14.2. The van der Waals surface area contributed by atoms with Crippen molar-refractivity contribution in [2.45, 2.75) is 6.54 Å². The third-order valence-corrected chi connectivity index (χ3v) is 4.59.